The van der Waals surface area contributed by atoms with Gasteiger partial charge >= 0.3 is 0 Å². The molecule has 2 atom stereocenters. The average Bonchev–Trinajstić information content (AvgIpc) is 4.00. The number of para-hydroxylation sites is 3. The number of hydrogen-bond donors (Lipinski definition) is 0. The molecule has 6 heteroatoms. The van der Waals surface area contributed by atoms with Crippen molar-refractivity contribution in [3.8, 4) is 17.3 Å². The van der Waals surface area contributed by atoms with Crippen molar-refractivity contribution >= 4 is 44.6 Å². The molecule has 0 amide bonds. The second-order valence-corrected chi connectivity index (χ2v) is 24.2. The minimum absolute atomic E-state index is 0. The van der Waals surface area contributed by atoms with E-state index in [0.717, 1.165) is 22.6 Å². The predicted molar refractivity (Wildman–Crippen MR) is 307 cm³/mol. The molecule has 3 heterocycles. The third-order valence-electron chi connectivity index (χ3n) is 16.6. The van der Waals surface area contributed by atoms with Crippen molar-refractivity contribution in [2.24, 2.45) is 0 Å². The molecular formula is C70H61N4OPt-3. The first-order chi connectivity index (χ1) is 37.8. The number of benzene rings is 8. The average molecular weight is 1170 g/mol. The van der Waals surface area contributed by atoms with Crippen molar-refractivity contribution in [3.63, 3.8) is 0 Å². The molecule has 0 saturated carbocycles. The number of ether oxygens (including phenoxy) is 1. The van der Waals surface area contributed by atoms with Crippen LogP contribution >= 0.6 is 0 Å². The molecule has 10 aromatic rings. The fourth-order valence-electron chi connectivity index (χ4n) is 12.9. The van der Waals surface area contributed by atoms with Crippen LogP contribution in [0.3, 0.4) is 0 Å². The maximum Gasteiger partial charge on any atom is 0.135 e. The second-order valence-electron chi connectivity index (χ2n) is 24.2. The fourth-order valence-corrected chi connectivity index (χ4v) is 12.9. The van der Waals surface area contributed by atoms with E-state index in [1.807, 2.05) is 36.4 Å². The van der Waals surface area contributed by atoms with Crippen LogP contribution in [-0.2, 0) is 37.3 Å². The zero-order valence-corrected chi connectivity index (χ0v) is 46.6. The maximum atomic E-state index is 9.14. The van der Waals surface area contributed by atoms with Crippen molar-refractivity contribution in [1.29, 1.82) is 0 Å². The van der Waals surface area contributed by atoms with Gasteiger partial charge in [0, 0.05) is 85.0 Å². The molecule has 1 aliphatic heterocycles. The van der Waals surface area contributed by atoms with Gasteiger partial charge in [0.2, 0.25) is 0 Å². The van der Waals surface area contributed by atoms with Crippen molar-refractivity contribution < 1.29 is 31.3 Å². The first-order valence-electron chi connectivity index (χ1n) is 28.4. The van der Waals surface area contributed by atoms with Gasteiger partial charge in [0.1, 0.15) is 5.82 Å². The smallest absolute Gasteiger partial charge is 0.135 e. The molecule has 5 nitrogen and oxygen atoms in total. The number of nitrogens with zero attached hydrogens (tertiary/aromatic N) is 4. The molecule has 17 rings (SSSR count). The van der Waals surface area contributed by atoms with Crippen LogP contribution in [-0.4, -0.2) is 9.55 Å². The maximum absolute atomic E-state index is 9.14. The van der Waals surface area contributed by atoms with Crippen LogP contribution in [0.1, 0.15) is 153 Å². The van der Waals surface area contributed by atoms with Crippen LogP contribution in [0.15, 0.2) is 176 Å². The molecule has 76 heavy (non-hydrogen) atoms. The Morgan fingerprint density at radius 3 is 1.76 bits per heavy atom. The van der Waals surface area contributed by atoms with E-state index in [9.17, 15) is 0 Å². The third kappa shape index (κ3) is 7.47. The van der Waals surface area contributed by atoms with Crippen LogP contribution in [0.25, 0.3) is 27.6 Å². The van der Waals surface area contributed by atoms with Gasteiger partial charge in [0.25, 0.3) is 0 Å². The van der Waals surface area contributed by atoms with Crippen molar-refractivity contribution in [1.82, 2.24) is 9.55 Å². The number of hydrogen-bond acceptors (Lipinski definition) is 4. The SMILES string of the molecule is [2H]c1c([2H])c([2H])c2c(c1[2H])c1ccc(Oc3[c-]c(N4[CH-]N(c5cc(C(C)(C)C)cc6c5C5c7cc(C(C)(C)C)ccc7C6C6c7ccccc7C5c5ccccc56)c5ccccc54)ccc3)[c-]c1n2-c1cc(C(C)(C)C)ccn1.[Pt]. The van der Waals surface area contributed by atoms with E-state index in [4.69, 9.17) is 15.2 Å². The van der Waals surface area contributed by atoms with Gasteiger partial charge in [-0.1, -0.05) is 171 Å². The van der Waals surface area contributed by atoms with Gasteiger partial charge in [-0.25, -0.2) is 4.98 Å². The van der Waals surface area contributed by atoms with E-state index in [1.54, 1.807) is 10.8 Å². The van der Waals surface area contributed by atoms with E-state index >= 15 is 0 Å². The molecule has 2 unspecified atom stereocenters. The van der Waals surface area contributed by atoms with Crippen molar-refractivity contribution in [3.05, 3.63) is 256 Å². The standard InChI is InChI=1S/C70H61N4O.Pt/c1-68(2,3)42-29-31-54-55(35-42)67-64-52-24-12-10-22-50(52)63(51-23-11-13-25-53(51)64)65(54)56-36-44(70(7,8)9)37-61(66(56)67)73-41-72(58-27-16-17-28-59(58)73)45-19-18-20-46(39-45)75-47-30-32-49-48-21-14-15-26-57(48)74(60(49)40-47)62-38-43(33-34-71-62)69(4,5)6;/h10-38,41,63-65,67H,1-9H3;/q-3;/i14D,15D,21D,26D;. The van der Waals surface area contributed by atoms with E-state index < -0.39 is 0 Å². The Morgan fingerprint density at radius 2 is 1.08 bits per heavy atom. The topological polar surface area (TPSA) is 33.5 Å². The van der Waals surface area contributed by atoms with Gasteiger partial charge in [-0.2, -0.15) is 12.1 Å². The van der Waals surface area contributed by atoms with Gasteiger partial charge in [-0.3, -0.25) is 0 Å². The van der Waals surface area contributed by atoms with Crippen LogP contribution in [0, 0.1) is 18.8 Å². The first-order valence-corrected chi connectivity index (χ1v) is 26.4. The summed E-state index contributed by atoms with van der Waals surface area (Å²) >= 11 is 0. The molecule has 0 fully saturated rings. The van der Waals surface area contributed by atoms with E-state index in [-0.39, 0.29) is 85.2 Å². The summed E-state index contributed by atoms with van der Waals surface area (Å²) in [7, 11) is 0. The van der Waals surface area contributed by atoms with Crippen LogP contribution in [0.2, 0.25) is 0 Å². The molecule has 0 N–H and O–H groups in total. The molecular weight excluding hydrogens is 1110 g/mol. The molecule has 0 radical (unpaired) electrons. The Morgan fingerprint density at radius 1 is 0.500 bits per heavy atom. The summed E-state index contributed by atoms with van der Waals surface area (Å²) in [6, 6.07) is 59.6. The normalized spacial score (nSPS) is 18.9. The molecule has 8 aromatic carbocycles. The first kappa shape index (κ1) is 44.0. The Bertz CT molecular complexity index is 4170. The Hall–Kier alpha value is -7.20. The molecule has 7 aliphatic rings. The predicted octanol–water partition coefficient (Wildman–Crippen LogP) is 17.7. The number of anilines is 4. The fraction of sp³-hybridized carbons (Fsp3) is 0.229. The van der Waals surface area contributed by atoms with E-state index in [2.05, 4.69) is 200 Å². The van der Waals surface area contributed by atoms with Crippen LogP contribution in [0.5, 0.6) is 11.5 Å². The Kier molecular flexibility index (Phi) is 10.1. The van der Waals surface area contributed by atoms with Gasteiger partial charge in [0.15, 0.2) is 0 Å². The summed E-state index contributed by atoms with van der Waals surface area (Å²) in [6.07, 6.45) is 1.75. The monoisotopic (exact) mass is 1170 g/mol. The number of fused-ring (bicyclic) bond motifs is 4. The van der Waals surface area contributed by atoms with Crippen LogP contribution < -0.4 is 14.5 Å². The zero-order valence-electron chi connectivity index (χ0n) is 48.3. The quantitative estimate of drug-likeness (QED) is 0.161. The van der Waals surface area contributed by atoms with Crippen molar-refractivity contribution in [2.45, 2.75) is 102 Å². The van der Waals surface area contributed by atoms with Crippen molar-refractivity contribution in [2.75, 3.05) is 9.80 Å². The van der Waals surface area contributed by atoms with Gasteiger partial charge in [-0.15, -0.1) is 48.1 Å². The number of rotatable bonds is 5. The van der Waals surface area contributed by atoms with Gasteiger partial charge in [-0.05, 0) is 119 Å². The minimum Gasteiger partial charge on any atom is -0.509 e. The molecule has 6 aliphatic carbocycles. The molecule has 4 bridgehead atoms. The molecule has 0 saturated heterocycles. The Balaban J connectivity index is 0.00000605. The Labute approximate surface area is 468 Å². The van der Waals surface area contributed by atoms with E-state index in [1.165, 1.54) is 61.3 Å². The number of pyridine rings is 1. The van der Waals surface area contributed by atoms with E-state index in [0.29, 0.717) is 39.1 Å². The summed E-state index contributed by atoms with van der Waals surface area (Å²) in [6.45, 7) is 22.7. The minimum atomic E-state index is -0.307. The molecule has 380 valence electrons. The second kappa shape index (κ2) is 17.4. The summed E-state index contributed by atoms with van der Waals surface area (Å²) in [5, 5.41) is 1.03. The molecule has 0 spiro atoms. The van der Waals surface area contributed by atoms with Gasteiger partial charge < -0.3 is 19.1 Å². The number of aromatic nitrogens is 2. The summed E-state index contributed by atoms with van der Waals surface area (Å²) in [4.78, 5) is 9.44. The third-order valence-corrected chi connectivity index (χ3v) is 16.6. The van der Waals surface area contributed by atoms with Crippen LogP contribution in [0.4, 0.5) is 22.7 Å². The summed E-state index contributed by atoms with van der Waals surface area (Å²) < 4.78 is 44.0. The largest absolute Gasteiger partial charge is 0.509 e. The van der Waals surface area contributed by atoms with Gasteiger partial charge in [0.05, 0.1) is 5.48 Å². The zero-order chi connectivity index (χ0) is 54.8. The summed E-state index contributed by atoms with van der Waals surface area (Å²) in [5.74, 6) is 1.72. The summed E-state index contributed by atoms with van der Waals surface area (Å²) in [5.41, 5.74) is 19.7. The molecule has 2 aromatic heterocycles.